The molecule has 0 amide bonds. The van der Waals surface area contributed by atoms with Gasteiger partial charge in [-0.25, -0.2) is 10.8 Å². The van der Waals surface area contributed by atoms with E-state index in [4.69, 9.17) is 10.6 Å². The van der Waals surface area contributed by atoms with Crippen molar-refractivity contribution < 1.29 is 4.74 Å². The Morgan fingerprint density at radius 3 is 2.88 bits per heavy atom. The molecule has 1 saturated carbocycles. The van der Waals surface area contributed by atoms with Gasteiger partial charge in [-0.3, -0.25) is 5.43 Å². The largest absolute Gasteiger partial charge is 0.494 e. The number of hydrazine groups is 1. The number of fused-ring (bicyclic) bond motifs is 1. The molecule has 0 bridgehead atoms. The first-order valence-electron chi connectivity index (χ1n) is 5.86. The molecule has 2 aromatic rings. The topological polar surface area (TPSA) is 65.1 Å². The van der Waals surface area contributed by atoms with Gasteiger partial charge in [0.05, 0.1) is 12.6 Å². The van der Waals surface area contributed by atoms with Crippen molar-refractivity contribution in [3.05, 3.63) is 18.2 Å². The number of aromatic nitrogens is 2. The SMILES string of the molecule is COc1cccc2nc(NN)n(C3CCC3)c12. The summed E-state index contributed by atoms with van der Waals surface area (Å²) in [7, 11) is 1.68. The van der Waals surface area contributed by atoms with Crippen molar-refractivity contribution in [2.24, 2.45) is 5.84 Å². The molecule has 1 aliphatic rings. The molecule has 1 aromatic heterocycles. The summed E-state index contributed by atoms with van der Waals surface area (Å²) in [6, 6.07) is 6.37. The summed E-state index contributed by atoms with van der Waals surface area (Å²) >= 11 is 0. The second-order valence-corrected chi connectivity index (χ2v) is 4.36. The summed E-state index contributed by atoms with van der Waals surface area (Å²) in [5, 5.41) is 0. The maximum atomic E-state index is 5.55. The van der Waals surface area contributed by atoms with Crippen molar-refractivity contribution in [2.45, 2.75) is 25.3 Å². The summed E-state index contributed by atoms with van der Waals surface area (Å²) in [5.74, 6) is 7.12. The Labute approximate surface area is 99.5 Å². The Balaban J connectivity index is 2.26. The molecule has 5 nitrogen and oxygen atoms in total. The first kappa shape index (κ1) is 10.4. The van der Waals surface area contributed by atoms with E-state index in [1.165, 1.54) is 19.3 Å². The average molecular weight is 232 g/mol. The van der Waals surface area contributed by atoms with Crippen molar-refractivity contribution in [2.75, 3.05) is 12.5 Å². The van der Waals surface area contributed by atoms with Crippen LogP contribution in [0.2, 0.25) is 0 Å². The van der Waals surface area contributed by atoms with Crippen LogP contribution in [0.4, 0.5) is 5.95 Å². The van der Waals surface area contributed by atoms with Crippen LogP contribution in [0.25, 0.3) is 11.0 Å². The molecule has 17 heavy (non-hydrogen) atoms. The highest BCUT2D eigenvalue weighted by molar-refractivity contribution is 5.85. The fraction of sp³-hybridized carbons (Fsp3) is 0.417. The van der Waals surface area contributed by atoms with E-state index in [1.54, 1.807) is 7.11 Å². The van der Waals surface area contributed by atoms with Gasteiger partial charge in [0.15, 0.2) is 0 Å². The number of nitrogens with one attached hydrogen (secondary N) is 1. The van der Waals surface area contributed by atoms with Crippen LogP contribution < -0.4 is 16.0 Å². The van der Waals surface area contributed by atoms with Crippen LogP contribution in [-0.2, 0) is 0 Å². The number of ether oxygens (including phenoxy) is 1. The van der Waals surface area contributed by atoms with Gasteiger partial charge in [0.1, 0.15) is 11.3 Å². The second kappa shape index (κ2) is 3.92. The smallest absolute Gasteiger partial charge is 0.218 e. The van der Waals surface area contributed by atoms with E-state index in [0.717, 1.165) is 16.8 Å². The Morgan fingerprint density at radius 2 is 2.29 bits per heavy atom. The number of rotatable bonds is 3. The molecule has 0 radical (unpaired) electrons. The number of benzene rings is 1. The Morgan fingerprint density at radius 1 is 1.47 bits per heavy atom. The number of methoxy groups -OCH3 is 1. The van der Waals surface area contributed by atoms with E-state index in [0.29, 0.717) is 12.0 Å². The van der Waals surface area contributed by atoms with Crippen LogP contribution in [0.3, 0.4) is 0 Å². The molecular weight excluding hydrogens is 216 g/mol. The van der Waals surface area contributed by atoms with E-state index < -0.39 is 0 Å². The molecule has 0 unspecified atom stereocenters. The van der Waals surface area contributed by atoms with Crippen molar-refractivity contribution in [3.8, 4) is 5.75 Å². The van der Waals surface area contributed by atoms with Gasteiger partial charge >= 0.3 is 0 Å². The van der Waals surface area contributed by atoms with Gasteiger partial charge in [-0.15, -0.1) is 0 Å². The lowest BCUT2D eigenvalue weighted by Crippen LogP contribution is -2.21. The monoisotopic (exact) mass is 232 g/mol. The zero-order valence-electron chi connectivity index (χ0n) is 9.81. The maximum Gasteiger partial charge on any atom is 0.218 e. The molecule has 0 saturated heterocycles. The van der Waals surface area contributed by atoms with Crippen LogP contribution in [0.15, 0.2) is 18.2 Å². The number of imidazole rings is 1. The fourth-order valence-corrected chi connectivity index (χ4v) is 2.38. The number of nitrogen functional groups attached to an aromatic ring is 1. The van der Waals surface area contributed by atoms with Crippen molar-refractivity contribution in [1.29, 1.82) is 0 Å². The van der Waals surface area contributed by atoms with Gasteiger partial charge < -0.3 is 9.30 Å². The number of nitrogens with zero attached hydrogens (tertiary/aromatic N) is 2. The van der Waals surface area contributed by atoms with E-state index in [2.05, 4.69) is 15.0 Å². The number of para-hydroxylation sites is 1. The van der Waals surface area contributed by atoms with E-state index >= 15 is 0 Å². The third-order valence-corrected chi connectivity index (χ3v) is 3.46. The lowest BCUT2D eigenvalue weighted by molar-refractivity contribution is 0.320. The van der Waals surface area contributed by atoms with Crippen molar-refractivity contribution in [3.63, 3.8) is 0 Å². The number of hydrogen-bond donors (Lipinski definition) is 2. The summed E-state index contributed by atoms with van der Waals surface area (Å²) in [6.07, 6.45) is 3.62. The Bertz CT molecular complexity index is 545. The molecule has 0 aliphatic heterocycles. The van der Waals surface area contributed by atoms with Gasteiger partial charge in [0.2, 0.25) is 5.95 Å². The van der Waals surface area contributed by atoms with Crippen LogP contribution in [-0.4, -0.2) is 16.7 Å². The molecular formula is C12H16N4O. The quantitative estimate of drug-likeness (QED) is 0.628. The van der Waals surface area contributed by atoms with Gasteiger partial charge in [-0.05, 0) is 31.4 Å². The van der Waals surface area contributed by atoms with Crippen molar-refractivity contribution in [1.82, 2.24) is 9.55 Å². The van der Waals surface area contributed by atoms with Crippen LogP contribution in [0.1, 0.15) is 25.3 Å². The van der Waals surface area contributed by atoms with Gasteiger partial charge in [0, 0.05) is 6.04 Å². The normalized spacial score (nSPS) is 15.9. The van der Waals surface area contributed by atoms with Crippen LogP contribution in [0, 0.1) is 0 Å². The van der Waals surface area contributed by atoms with Crippen LogP contribution >= 0.6 is 0 Å². The fourth-order valence-electron chi connectivity index (χ4n) is 2.38. The molecule has 1 aromatic carbocycles. The summed E-state index contributed by atoms with van der Waals surface area (Å²) in [4.78, 5) is 4.49. The minimum absolute atomic E-state index is 0.488. The lowest BCUT2D eigenvalue weighted by atomic mass is 9.92. The molecule has 5 heteroatoms. The highest BCUT2D eigenvalue weighted by atomic mass is 16.5. The van der Waals surface area contributed by atoms with E-state index in [-0.39, 0.29) is 0 Å². The van der Waals surface area contributed by atoms with Gasteiger partial charge in [-0.1, -0.05) is 6.07 Å². The molecule has 1 fully saturated rings. The summed E-state index contributed by atoms with van der Waals surface area (Å²) in [6.45, 7) is 0. The van der Waals surface area contributed by atoms with E-state index in [1.807, 2.05) is 18.2 Å². The van der Waals surface area contributed by atoms with E-state index in [9.17, 15) is 0 Å². The molecule has 3 N–H and O–H groups in total. The average Bonchev–Trinajstić information content (AvgIpc) is 2.66. The first-order chi connectivity index (χ1) is 8.35. The minimum Gasteiger partial charge on any atom is -0.494 e. The van der Waals surface area contributed by atoms with Gasteiger partial charge in [0.25, 0.3) is 0 Å². The summed E-state index contributed by atoms with van der Waals surface area (Å²) < 4.78 is 7.58. The molecule has 90 valence electrons. The number of anilines is 1. The minimum atomic E-state index is 0.488. The highest BCUT2D eigenvalue weighted by Gasteiger charge is 2.25. The molecule has 3 rings (SSSR count). The molecule has 1 aliphatic carbocycles. The molecule has 0 atom stereocenters. The maximum absolute atomic E-state index is 5.55. The van der Waals surface area contributed by atoms with Crippen LogP contribution in [0.5, 0.6) is 5.75 Å². The Kier molecular flexibility index (Phi) is 2.40. The Hall–Kier alpha value is -1.75. The highest BCUT2D eigenvalue weighted by Crippen LogP contribution is 2.39. The molecule has 0 spiro atoms. The summed E-state index contributed by atoms with van der Waals surface area (Å²) in [5.41, 5.74) is 4.64. The number of nitrogens with two attached hydrogens (primary N) is 1. The standard InChI is InChI=1S/C12H16N4O/c1-17-10-7-3-6-9-11(10)16(8-4-2-5-8)12(14-9)15-13/h3,6-8H,2,4-5,13H2,1H3,(H,14,15). The third kappa shape index (κ3) is 1.46. The predicted octanol–water partition coefficient (Wildman–Crippen LogP) is 2.06. The predicted molar refractivity (Wildman–Crippen MR) is 67.0 cm³/mol. The molecule has 1 heterocycles. The first-order valence-corrected chi connectivity index (χ1v) is 5.86. The third-order valence-electron chi connectivity index (χ3n) is 3.46. The van der Waals surface area contributed by atoms with Gasteiger partial charge in [-0.2, -0.15) is 0 Å². The zero-order valence-corrected chi connectivity index (χ0v) is 9.81. The lowest BCUT2D eigenvalue weighted by Gasteiger charge is -2.29. The second-order valence-electron chi connectivity index (χ2n) is 4.36. The number of hydrogen-bond acceptors (Lipinski definition) is 4. The van der Waals surface area contributed by atoms with Crippen molar-refractivity contribution >= 4 is 17.0 Å². The zero-order chi connectivity index (χ0) is 11.8.